The van der Waals surface area contributed by atoms with Gasteiger partial charge < -0.3 is 25.2 Å². The Morgan fingerprint density at radius 1 is 1.44 bits per heavy atom. The fraction of sp³-hybridized carbons (Fsp3) is 0.529. The minimum Gasteiger partial charge on any atom is -0.497 e. The zero-order chi connectivity index (χ0) is 17.5. The molecule has 1 amide bonds. The van der Waals surface area contributed by atoms with E-state index in [1.807, 2.05) is 18.2 Å². The maximum Gasteiger partial charge on any atom is 0.241 e. The number of anilines is 1. The number of likely N-dealkylation sites (N-methyl/N-ethyl adjacent to an activating group) is 1. The second-order valence-corrected chi connectivity index (χ2v) is 5.99. The van der Waals surface area contributed by atoms with Gasteiger partial charge in [0.15, 0.2) is 5.96 Å². The second kappa shape index (κ2) is 10.3. The van der Waals surface area contributed by atoms with Gasteiger partial charge in [0.2, 0.25) is 5.91 Å². The highest BCUT2D eigenvalue weighted by atomic mass is 127. The quantitative estimate of drug-likeness (QED) is 0.391. The van der Waals surface area contributed by atoms with Gasteiger partial charge in [-0.2, -0.15) is 0 Å². The number of carbonyl (C=O) groups excluding carboxylic acids is 1. The van der Waals surface area contributed by atoms with Gasteiger partial charge in [0.05, 0.1) is 13.7 Å². The van der Waals surface area contributed by atoms with Crippen LogP contribution in [0, 0.1) is 0 Å². The van der Waals surface area contributed by atoms with E-state index in [1.165, 1.54) is 0 Å². The summed E-state index contributed by atoms with van der Waals surface area (Å²) in [6, 6.07) is 8.38. The minimum atomic E-state index is 0. The molecule has 7 nitrogen and oxygen atoms in total. The molecule has 2 rings (SSSR count). The summed E-state index contributed by atoms with van der Waals surface area (Å²) in [7, 11) is 6.87. The van der Waals surface area contributed by atoms with E-state index in [0.29, 0.717) is 5.96 Å². The van der Waals surface area contributed by atoms with E-state index in [4.69, 9.17) is 4.74 Å². The fourth-order valence-electron chi connectivity index (χ4n) is 2.63. The number of nitrogens with one attached hydrogen (secondary N) is 2. The van der Waals surface area contributed by atoms with Crippen LogP contribution in [0.25, 0.3) is 0 Å². The van der Waals surface area contributed by atoms with Crippen molar-refractivity contribution < 1.29 is 9.53 Å². The number of aliphatic imine (C=N–C) groups is 1. The van der Waals surface area contributed by atoms with Gasteiger partial charge in [-0.15, -0.1) is 24.0 Å². The molecular weight excluding hydrogens is 433 g/mol. The molecule has 1 aromatic rings. The molecule has 25 heavy (non-hydrogen) atoms. The van der Waals surface area contributed by atoms with Crippen molar-refractivity contribution in [2.75, 3.05) is 52.8 Å². The van der Waals surface area contributed by atoms with E-state index in [9.17, 15) is 4.79 Å². The van der Waals surface area contributed by atoms with Gasteiger partial charge >= 0.3 is 0 Å². The summed E-state index contributed by atoms with van der Waals surface area (Å²) in [4.78, 5) is 19.7. The van der Waals surface area contributed by atoms with Crippen LogP contribution in [0.3, 0.4) is 0 Å². The Morgan fingerprint density at radius 3 is 2.84 bits per heavy atom. The predicted octanol–water partition coefficient (Wildman–Crippen LogP) is 1.15. The summed E-state index contributed by atoms with van der Waals surface area (Å²) in [6.45, 7) is 2.09. The van der Waals surface area contributed by atoms with Gasteiger partial charge in [-0.25, -0.2) is 0 Å². The molecule has 1 atom stereocenters. The largest absolute Gasteiger partial charge is 0.497 e. The van der Waals surface area contributed by atoms with Gasteiger partial charge in [-0.3, -0.25) is 9.79 Å². The van der Waals surface area contributed by atoms with Crippen molar-refractivity contribution in [1.29, 1.82) is 0 Å². The number of hydrogen-bond acceptors (Lipinski definition) is 4. The number of benzene rings is 1. The molecule has 1 unspecified atom stereocenters. The van der Waals surface area contributed by atoms with Gasteiger partial charge in [-0.1, -0.05) is 6.07 Å². The third-order valence-electron chi connectivity index (χ3n) is 4.08. The van der Waals surface area contributed by atoms with Crippen molar-refractivity contribution in [2.24, 2.45) is 4.99 Å². The van der Waals surface area contributed by atoms with Gasteiger partial charge in [-0.05, 0) is 18.6 Å². The molecule has 8 heteroatoms. The lowest BCUT2D eigenvalue weighted by Crippen LogP contribution is -2.47. The maximum absolute atomic E-state index is 11.7. The van der Waals surface area contributed by atoms with Crippen molar-refractivity contribution in [3.63, 3.8) is 0 Å². The number of rotatable bonds is 5. The van der Waals surface area contributed by atoms with E-state index < -0.39 is 0 Å². The van der Waals surface area contributed by atoms with E-state index in [2.05, 4.69) is 26.6 Å². The molecule has 1 aromatic carbocycles. The highest BCUT2D eigenvalue weighted by Gasteiger charge is 2.23. The third kappa shape index (κ3) is 6.26. The standard InChI is InChI=1S/C17H27N5O2.HI/c1-18-17(19-11-16(23)21(2)3)20-13-8-9-22(12-13)14-6-5-7-15(10-14)24-4;/h5-7,10,13H,8-9,11-12H2,1-4H3,(H2,18,19,20);1H. The van der Waals surface area contributed by atoms with E-state index in [-0.39, 0.29) is 42.5 Å². The van der Waals surface area contributed by atoms with Gasteiger partial charge in [0.25, 0.3) is 0 Å². The normalized spacial score (nSPS) is 16.9. The molecule has 0 radical (unpaired) electrons. The van der Waals surface area contributed by atoms with E-state index >= 15 is 0 Å². The molecule has 1 aliphatic heterocycles. The van der Waals surface area contributed by atoms with Crippen LogP contribution < -0.4 is 20.3 Å². The molecule has 0 bridgehead atoms. The molecular formula is C17H28IN5O2. The fourth-order valence-corrected chi connectivity index (χ4v) is 2.63. The lowest BCUT2D eigenvalue weighted by atomic mass is 10.2. The summed E-state index contributed by atoms with van der Waals surface area (Å²) in [6.07, 6.45) is 1.01. The predicted molar refractivity (Wildman–Crippen MR) is 112 cm³/mol. The number of guanidine groups is 1. The van der Waals surface area contributed by atoms with Gasteiger partial charge in [0.1, 0.15) is 5.75 Å². The molecule has 2 N–H and O–H groups in total. The summed E-state index contributed by atoms with van der Waals surface area (Å²) >= 11 is 0. The van der Waals surface area contributed by atoms with Crippen molar-refractivity contribution in [3.05, 3.63) is 24.3 Å². The van der Waals surface area contributed by atoms with Gasteiger partial charge in [0, 0.05) is 52.0 Å². The Kier molecular flexibility index (Phi) is 8.81. The van der Waals surface area contributed by atoms with Crippen molar-refractivity contribution in [1.82, 2.24) is 15.5 Å². The first kappa shape index (κ1) is 21.3. The molecule has 1 fully saturated rings. The minimum absolute atomic E-state index is 0. The average Bonchev–Trinajstić information content (AvgIpc) is 3.06. The summed E-state index contributed by atoms with van der Waals surface area (Å²) in [5.74, 6) is 1.54. The van der Waals surface area contributed by atoms with Crippen LogP contribution in [0.1, 0.15) is 6.42 Å². The number of amides is 1. The Bertz CT molecular complexity index is 594. The van der Waals surface area contributed by atoms with Crippen LogP contribution in [-0.4, -0.2) is 70.7 Å². The summed E-state index contributed by atoms with van der Waals surface area (Å²) in [5, 5.41) is 6.44. The maximum atomic E-state index is 11.7. The molecule has 0 saturated carbocycles. The smallest absolute Gasteiger partial charge is 0.241 e. The van der Waals surface area contributed by atoms with Crippen LogP contribution in [0.5, 0.6) is 5.75 Å². The Labute approximate surface area is 166 Å². The SMILES string of the molecule is CN=C(NCC(=O)N(C)C)NC1CCN(c2cccc(OC)c2)C1.I. The first-order valence-corrected chi connectivity index (χ1v) is 8.10. The van der Waals surface area contributed by atoms with Crippen molar-refractivity contribution in [2.45, 2.75) is 12.5 Å². The Hall–Kier alpha value is -1.71. The van der Waals surface area contributed by atoms with Crippen LogP contribution in [0.4, 0.5) is 5.69 Å². The van der Waals surface area contributed by atoms with Crippen LogP contribution >= 0.6 is 24.0 Å². The van der Waals surface area contributed by atoms with E-state index in [0.717, 1.165) is 30.9 Å². The monoisotopic (exact) mass is 461 g/mol. The number of carbonyl (C=O) groups is 1. The molecule has 0 aliphatic carbocycles. The Balaban J connectivity index is 0.00000312. The summed E-state index contributed by atoms with van der Waals surface area (Å²) in [5.41, 5.74) is 1.16. The second-order valence-electron chi connectivity index (χ2n) is 5.99. The molecule has 140 valence electrons. The molecule has 0 aromatic heterocycles. The topological polar surface area (TPSA) is 69.2 Å². The molecule has 0 spiro atoms. The third-order valence-corrected chi connectivity index (χ3v) is 4.08. The lowest BCUT2D eigenvalue weighted by molar-refractivity contribution is -0.127. The molecule has 1 heterocycles. The number of hydrogen-bond donors (Lipinski definition) is 2. The zero-order valence-corrected chi connectivity index (χ0v) is 17.6. The van der Waals surface area contributed by atoms with Crippen LogP contribution in [0.2, 0.25) is 0 Å². The zero-order valence-electron chi connectivity index (χ0n) is 15.3. The van der Waals surface area contributed by atoms with E-state index in [1.54, 1.807) is 33.2 Å². The molecule has 1 aliphatic rings. The number of methoxy groups -OCH3 is 1. The number of ether oxygens (including phenoxy) is 1. The highest BCUT2D eigenvalue weighted by Crippen LogP contribution is 2.24. The number of halogens is 1. The first-order chi connectivity index (χ1) is 11.5. The van der Waals surface area contributed by atoms with Crippen LogP contribution in [-0.2, 0) is 4.79 Å². The highest BCUT2D eigenvalue weighted by molar-refractivity contribution is 14.0. The number of nitrogens with zero attached hydrogens (tertiary/aromatic N) is 3. The van der Waals surface area contributed by atoms with Crippen molar-refractivity contribution in [3.8, 4) is 5.75 Å². The molecule has 1 saturated heterocycles. The lowest BCUT2D eigenvalue weighted by Gasteiger charge is -2.21. The summed E-state index contributed by atoms with van der Waals surface area (Å²) < 4.78 is 5.29. The Morgan fingerprint density at radius 2 is 2.20 bits per heavy atom. The average molecular weight is 461 g/mol. The first-order valence-electron chi connectivity index (χ1n) is 8.10. The van der Waals surface area contributed by atoms with Crippen molar-refractivity contribution >= 4 is 41.5 Å². The van der Waals surface area contributed by atoms with Crippen LogP contribution in [0.15, 0.2) is 29.3 Å².